The van der Waals surface area contributed by atoms with Crippen LogP contribution in [0.2, 0.25) is 0 Å². The van der Waals surface area contributed by atoms with Gasteiger partial charge in [-0.25, -0.2) is 0 Å². The average molecular weight is 709 g/mol. The summed E-state index contributed by atoms with van der Waals surface area (Å²) in [6.07, 6.45) is 0. The second kappa shape index (κ2) is 12.9. The minimum atomic E-state index is 0.832. The van der Waals surface area contributed by atoms with Gasteiger partial charge >= 0.3 is 0 Å². The Morgan fingerprint density at radius 3 is 1.49 bits per heavy atom. The van der Waals surface area contributed by atoms with E-state index in [9.17, 15) is 0 Å². The fourth-order valence-electron chi connectivity index (χ4n) is 8.62. The molecule has 0 aliphatic carbocycles. The van der Waals surface area contributed by atoms with Gasteiger partial charge in [0.05, 0.1) is 28.1 Å². The van der Waals surface area contributed by atoms with Gasteiger partial charge in [-0.2, -0.15) is 0 Å². The smallest absolute Gasteiger partial charge is 0.151 e. The van der Waals surface area contributed by atoms with Gasteiger partial charge in [0.25, 0.3) is 0 Å². The van der Waals surface area contributed by atoms with Crippen LogP contribution in [0.25, 0.3) is 60.9 Å². The van der Waals surface area contributed by atoms with Gasteiger partial charge in [0.15, 0.2) is 11.5 Å². The molecule has 55 heavy (non-hydrogen) atoms. The van der Waals surface area contributed by atoms with E-state index < -0.39 is 0 Å². The van der Waals surface area contributed by atoms with Crippen LogP contribution in [-0.2, 0) is 0 Å². The highest BCUT2D eigenvalue weighted by molar-refractivity contribution is 6.12. The Balaban J connectivity index is 1.19. The van der Waals surface area contributed by atoms with Crippen molar-refractivity contribution >= 4 is 38.9 Å². The SMILES string of the molecule is Cc1cc(C)cc(-c2ccc3c(c2)c2cc(-c4cc(C)cc(C)c4)ccc2n3-c2ccccc2-c2ccc3c(c2)N(c2ccccc2)c2ccccc2O3)c1. The molecule has 0 spiro atoms. The number of benzene rings is 8. The second-order valence-electron chi connectivity index (χ2n) is 15.0. The van der Waals surface area contributed by atoms with Gasteiger partial charge in [-0.3, -0.25) is 0 Å². The van der Waals surface area contributed by atoms with E-state index in [0.717, 1.165) is 45.4 Å². The van der Waals surface area contributed by atoms with Gasteiger partial charge in [-0.1, -0.05) is 125 Å². The summed E-state index contributed by atoms with van der Waals surface area (Å²) in [6.45, 7) is 8.72. The highest BCUT2D eigenvalue weighted by atomic mass is 16.5. The summed E-state index contributed by atoms with van der Waals surface area (Å²) < 4.78 is 8.97. The lowest BCUT2D eigenvalue weighted by Crippen LogP contribution is -2.15. The Kier molecular flexibility index (Phi) is 7.71. The molecular formula is C52H40N2O. The van der Waals surface area contributed by atoms with Crippen LogP contribution in [0.15, 0.2) is 170 Å². The lowest BCUT2D eigenvalue weighted by Gasteiger charge is -2.33. The Morgan fingerprint density at radius 1 is 0.364 bits per heavy atom. The van der Waals surface area contributed by atoms with Crippen LogP contribution in [0.5, 0.6) is 11.5 Å². The van der Waals surface area contributed by atoms with Gasteiger partial charge in [-0.15, -0.1) is 0 Å². The van der Waals surface area contributed by atoms with E-state index in [-0.39, 0.29) is 0 Å². The Bertz CT molecular complexity index is 2800. The predicted molar refractivity (Wildman–Crippen MR) is 231 cm³/mol. The van der Waals surface area contributed by atoms with Gasteiger partial charge in [0.1, 0.15) is 0 Å². The van der Waals surface area contributed by atoms with Crippen molar-refractivity contribution in [2.24, 2.45) is 0 Å². The molecule has 10 rings (SSSR count). The molecule has 0 fully saturated rings. The average Bonchev–Trinajstić information content (AvgIpc) is 3.52. The summed E-state index contributed by atoms with van der Waals surface area (Å²) in [5.41, 5.74) is 18.9. The third-order valence-corrected chi connectivity index (χ3v) is 10.9. The minimum Gasteiger partial charge on any atom is -0.453 e. The zero-order valence-electron chi connectivity index (χ0n) is 31.5. The number of nitrogens with zero attached hydrogens (tertiary/aromatic N) is 2. The Labute approximate surface area is 322 Å². The maximum Gasteiger partial charge on any atom is 0.151 e. The lowest BCUT2D eigenvalue weighted by molar-refractivity contribution is 0.477. The molecule has 0 saturated heterocycles. The molecule has 9 aromatic rings. The maximum absolute atomic E-state index is 6.52. The molecule has 0 amide bonds. The first kappa shape index (κ1) is 32.8. The molecule has 1 aliphatic rings. The number of aryl methyl sites for hydroxylation is 4. The highest BCUT2D eigenvalue weighted by Crippen LogP contribution is 2.51. The van der Waals surface area contributed by atoms with Crippen LogP contribution in [-0.4, -0.2) is 4.57 Å². The third-order valence-electron chi connectivity index (χ3n) is 10.9. The number of hydrogen-bond donors (Lipinski definition) is 0. The van der Waals surface area contributed by atoms with Crippen molar-refractivity contribution in [2.45, 2.75) is 27.7 Å². The van der Waals surface area contributed by atoms with Gasteiger partial charge < -0.3 is 14.2 Å². The molecule has 0 unspecified atom stereocenters. The first-order valence-corrected chi connectivity index (χ1v) is 19.0. The van der Waals surface area contributed by atoms with Crippen LogP contribution >= 0.6 is 0 Å². The summed E-state index contributed by atoms with van der Waals surface area (Å²) in [5, 5.41) is 2.47. The predicted octanol–water partition coefficient (Wildman–Crippen LogP) is 14.6. The van der Waals surface area contributed by atoms with Gasteiger partial charge in [0, 0.05) is 22.0 Å². The highest BCUT2D eigenvalue weighted by Gasteiger charge is 2.27. The van der Waals surface area contributed by atoms with E-state index in [0.29, 0.717) is 0 Å². The molecule has 1 aliphatic heterocycles. The quantitative estimate of drug-likeness (QED) is 0.177. The van der Waals surface area contributed by atoms with E-state index in [1.807, 2.05) is 12.1 Å². The molecule has 2 heterocycles. The number of anilines is 3. The van der Waals surface area contributed by atoms with Crippen molar-refractivity contribution in [2.75, 3.05) is 4.90 Å². The van der Waals surface area contributed by atoms with Crippen molar-refractivity contribution in [1.29, 1.82) is 0 Å². The number of ether oxygens (including phenoxy) is 1. The molecule has 0 saturated carbocycles. The van der Waals surface area contributed by atoms with E-state index in [1.54, 1.807) is 0 Å². The van der Waals surface area contributed by atoms with Gasteiger partial charge in [-0.05, 0) is 122 Å². The first-order chi connectivity index (χ1) is 26.9. The summed E-state index contributed by atoms with van der Waals surface area (Å²) >= 11 is 0. The summed E-state index contributed by atoms with van der Waals surface area (Å²) in [5.74, 6) is 1.68. The van der Waals surface area contributed by atoms with Crippen molar-refractivity contribution in [3.63, 3.8) is 0 Å². The zero-order valence-corrected chi connectivity index (χ0v) is 31.5. The summed E-state index contributed by atoms with van der Waals surface area (Å²) in [4.78, 5) is 2.31. The van der Waals surface area contributed by atoms with Crippen LogP contribution in [0.4, 0.5) is 17.1 Å². The van der Waals surface area contributed by atoms with Crippen molar-refractivity contribution < 1.29 is 4.74 Å². The second-order valence-corrected chi connectivity index (χ2v) is 15.0. The molecule has 0 atom stereocenters. The van der Waals surface area contributed by atoms with E-state index >= 15 is 0 Å². The topological polar surface area (TPSA) is 17.4 Å². The van der Waals surface area contributed by atoms with E-state index in [1.165, 1.54) is 66.3 Å². The van der Waals surface area contributed by atoms with Crippen LogP contribution in [0, 0.1) is 27.7 Å². The Morgan fingerprint density at radius 2 is 0.873 bits per heavy atom. The zero-order chi connectivity index (χ0) is 37.2. The van der Waals surface area contributed by atoms with Gasteiger partial charge in [0.2, 0.25) is 0 Å². The van der Waals surface area contributed by atoms with Crippen molar-refractivity contribution in [3.8, 4) is 50.6 Å². The summed E-state index contributed by atoms with van der Waals surface area (Å²) in [7, 11) is 0. The minimum absolute atomic E-state index is 0.832. The van der Waals surface area contributed by atoms with Crippen LogP contribution in [0.3, 0.4) is 0 Å². The standard InChI is InChI=1S/C52H40N2O/c1-33-24-34(2)27-40(26-33)37-18-21-47-44(30-37)45-31-38(41-28-35(3)25-36(4)29-41)19-22-48(45)54(47)46-15-9-8-14-43(46)39-20-23-52-50(32-39)53(42-12-6-5-7-13-42)49-16-10-11-17-51(49)55-52/h5-32H,1-4H3. The molecule has 0 N–H and O–H groups in total. The first-order valence-electron chi connectivity index (χ1n) is 19.0. The molecule has 0 bridgehead atoms. The molecule has 1 aromatic heterocycles. The largest absolute Gasteiger partial charge is 0.453 e. The number of rotatable bonds is 5. The maximum atomic E-state index is 6.52. The lowest BCUT2D eigenvalue weighted by atomic mass is 9.97. The Hall–Kier alpha value is -6.84. The monoisotopic (exact) mass is 708 g/mol. The van der Waals surface area contributed by atoms with Crippen LogP contribution in [0.1, 0.15) is 22.3 Å². The molecular weight excluding hydrogens is 669 g/mol. The van der Waals surface area contributed by atoms with Crippen molar-refractivity contribution in [1.82, 2.24) is 4.57 Å². The molecule has 3 heteroatoms. The normalized spacial score (nSPS) is 12.1. The number of aromatic nitrogens is 1. The number of fused-ring (bicyclic) bond motifs is 5. The third kappa shape index (κ3) is 5.68. The fourth-order valence-corrected chi connectivity index (χ4v) is 8.62. The van der Waals surface area contributed by atoms with E-state index in [2.05, 4.69) is 195 Å². The summed E-state index contributed by atoms with van der Waals surface area (Å²) in [6, 6.07) is 61.8. The molecule has 0 radical (unpaired) electrons. The molecule has 264 valence electrons. The fraction of sp³-hybridized carbons (Fsp3) is 0.0769. The van der Waals surface area contributed by atoms with Crippen LogP contribution < -0.4 is 9.64 Å². The van der Waals surface area contributed by atoms with Crippen molar-refractivity contribution in [3.05, 3.63) is 192 Å². The van der Waals surface area contributed by atoms with E-state index in [4.69, 9.17) is 4.74 Å². The molecule has 8 aromatic carbocycles. The number of hydrogen-bond acceptors (Lipinski definition) is 2. The molecule has 3 nitrogen and oxygen atoms in total. The number of para-hydroxylation sites is 4.